The van der Waals surface area contributed by atoms with Gasteiger partial charge in [-0.05, 0) is 88.1 Å². The molecule has 4 aromatic carbocycles. The monoisotopic (exact) mass is 937 g/mol. The molecule has 5 aliphatic heterocycles. The molecule has 2 aromatic heterocycles. The van der Waals surface area contributed by atoms with Crippen LogP contribution in [0.2, 0.25) is 0 Å². The number of rotatable bonds is 8. The second-order valence-electron chi connectivity index (χ2n) is 18.6. The fraction of sp³-hybridized carbons (Fsp3) is 0.407. The molecular formula is C54H59N5O10. The van der Waals surface area contributed by atoms with Gasteiger partial charge in [0.1, 0.15) is 11.2 Å². The third-order valence-corrected chi connectivity index (χ3v) is 14.0. The highest BCUT2D eigenvalue weighted by Crippen LogP contribution is 2.42. The molecule has 2 unspecified atom stereocenters. The number of hydrogen-bond acceptors (Lipinski definition) is 13. The summed E-state index contributed by atoms with van der Waals surface area (Å²) in [5, 5.41) is 10.5. The molecule has 5 aliphatic rings. The van der Waals surface area contributed by atoms with Crippen molar-refractivity contribution in [2.45, 2.75) is 63.8 Å². The Kier molecular flexibility index (Phi) is 13.4. The van der Waals surface area contributed by atoms with Crippen LogP contribution in [0.25, 0.3) is 21.9 Å². The molecule has 15 nitrogen and oxygen atoms in total. The van der Waals surface area contributed by atoms with E-state index in [1.165, 1.54) is 12.1 Å². The van der Waals surface area contributed by atoms with Gasteiger partial charge in [0.2, 0.25) is 0 Å². The average molecular weight is 938 g/mol. The molecule has 5 fully saturated rings. The van der Waals surface area contributed by atoms with E-state index < -0.39 is 5.97 Å². The number of para-hydroxylation sites is 2. The number of carbonyl (C=O) groups excluding carboxylic acids is 1. The Labute approximate surface area is 400 Å². The van der Waals surface area contributed by atoms with Crippen LogP contribution in [0, 0.1) is 0 Å². The molecule has 5 saturated heterocycles. The van der Waals surface area contributed by atoms with Crippen LogP contribution in [0.4, 0.5) is 23.1 Å². The third kappa shape index (κ3) is 9.68. The number of nitrogens with zero attached hydrogens (tertiary/aromatic N) is 5. The highest BCUT2D eigenvalue weighted by Gasteiger charge is 2.33. The number of carboxylic acids is 1. The summed E-state index contributed by atoms with van der Waals surface area (Å²) >= 11 is 0. The van der Waals surface area contributed by atoms with Gasteiger partial charge in [0.15, 0.2) is 22.6 Å². The van der Waals surface area contributed by atoms with Gasteiger partial charge in [-0.25, -0.2) is 4.79 Å². The number of hydrogen-bond donors (Lipinski definition) is 1. The molecule has 15 heteroatoms. The number of ether oxygens (including phenoxy) is 3. The largest absolute Gasteiger partial charge is 0.478 e. The maximum atomic E-state index is 13.5. The molecule has 7 heterocycles. The zero-order valence-electron chi connectivity index (χ0n) is 39.2. The van der Waals surface area contributed by atoms with Gasteiger partial charge in [-0.1, -0.05) is 36.4 Å². The highest BCUT2D eigenvalue weighted by molar-refractivity contribution is 5.99. The first kappa shape index (κ1) is 46.1. The molecule has 0 spiro atoms. The lowest BCUT2D eigenvalue weighted by Gasteiger charge is -2.32. The lowest BCUT2D eigenvalue weighted by molar-refractivity contribution is 0.0303. The fourth-order valence-corrected chi connectivity index (χ4v) is 10.6. The number of carbonyl (C=O) groups is 2. The zero-order valence-corrected chi connectivity index (χ0v) is 39.2. The van der Waals surface area contributed by atoms with Crippen LogP contribution >= 0.6 is 0 Å². The summed E-state index contributed by atoms with van der Waals surface area (Å²) in [5.74, 6) is -0.0549. The van der Waals surface area contributed by atoms with E-state index in [9.17, 15) is 24.3 Å². The lowest BCUT2D eigenvalue weighted by atomic mass is 9.97. The second kappa shape index (κ2) is 20.1. The molecule has 4 atom stereocenters. The normalized spacial score (nSPS) is 22.0. The zero-order chi connectivity index (χ0) is 47.6. The number of carboxylic acid groups (broad SMARTS) is 1. The predicted molar refractivity (Wildman–Crippen MR) is 265 cm³/mol. The van der Waals surface area contributed by atoms with Gasteiger partial charge in [0, 0.05) is 92.6 Å². The number of morpholine rings is 3. The molecule has 0 aliphatic carbocycles. The predicted octanol–water partition coefficient (Wildman–Crippen LogP) is 7.89. The Morgan fingerprint density at radius 2 is 1.03 bits per heavy atom. The van der Waals surface area contributed by atoms with Crippen molar-refractivity contribution in [1.29, 1.82) is 0 Å². The highest BCUT2D eigenvalue weighted by atomic mass is 16.5. The summed E-state index contributed by atoms with van der Waals surface area (Å²) in [6, 6.07) is 30.1. The van der Waals surface area contributed by atoms with Crippen LogP contribution < -0.4 is 30.5 Å². The third-order valence-electron chi connectivity index (χ3n) is 14.0. The molecular weight excluding hydrogens is 879 g/mol. The minimum atomic E-state index is -1.05. The van der Waals surface area contributed by atoms with Crippen LogP contribution in [-0.4, -0.2) is 113 Å². The summed E-state index contributed by atoms with van der Waals surface area (Å²) in [5.41, 5.74) is 5.19. The van der Waals surface area contributed by atoms with Gasteiger partial charge < -0.3 is 52.7 Å². The molecule has 1 N–H and O–H groups in total. The molecule has 69 heavy (non-hydrogen) atoms. The van der Waals surface area contributed by atoms with E-state index in [2.05, 4.69) is 39.0 Å². The van der Waals surface area contributed by atoms with Crippen molar-refractivity contribution in [2.24, 2.45) is 0 Å². The topological polar surface area (TPSA) is 159 Å². The standard InChI is InChI=1S/C29H33N3O5.C25H26N2O5/c1-20-19-31(12-15-36-20)27-18-26(33)24-17-21(29(34)30-10-13-35-14-11-30)16-23(28(24)37-27)25-8-5-9-32(25)22-6-3-2-4-7-22;1-16-15-26(10-11-31-16)23-14-22(28)20-13-17(25(29)30)12-19(24(20)32-23)21-8-5-9-27(21)18-6-3-2-4-7-18/h2-4,6-7,16-18,20,25H,5,8-15,19H2,1H3;2-4,6-7,12-14,16,21H,5,8-11,15H2,1H3,(H,29,30)/t20-,25?;16-,21?/m11/s1. The summed E-state index contributed by atoms with van der Waals surface area (Å²) in [4.78, 5) is 62.5. The summed E-state index contributed by atoms with van der Waals surface area (Å²) in [7, 11) is 0. The maximum Gasteiger partial charge on any atom is 0.335 e. The number of fused-ring (bicyclic) bond motifs is 2. The number of anilines is 4. The second-order valence-corrected chi connectivity index (χ2v) is 18.6. The first-order chi connectivity index (χ1) is 33.6. The van der Waals surface area contributed by atoms with Crippen LogP contribution in [0.1, 0.15) is 83.5 Å². The fourth-order valence-electron chi connectivity index (χ4n) is 10.6. The molecule has 11 rings (SSSR count). The molecule has 360 valence electrons. The van der Waals surface area contributed by atoms with E-state index >= 15 is 0 Å². The van der Waals surface area contributed by atoms with Gasteiger partial charge in [-0.3, -0.25) is 14.4 Å². The van der Waals surface area contributed by atoms with Crippen molar-refractivity contribution in [1.82, 2.24) is 4.90 Å². The Morgan fingerprint density at radius 1 is 0.565 bits per heavy atom. The Balaban J connectivity index is 0.000000162. The van der Waals surface area contributed by atoms with Crippen LogP contribution in [0.3, 0.4) is 0 Å². The van der Waals surface area contributed by atoms with Crippen LogP contribution in [0.5, 0.6) is 0 Å². The van der Waals surface area contributed by atoms with E-state index in [1.54, 1.807) is 18.2 Å². The Bertz CT molecular complexity index is 2940. The van der Waals surface area contributed by atoms with E-state index in [1.807, 2.05) is 66.1 Å². The van der Waals surface area contributed by atoms with Crippen LogP contribution in [-0.2, 0) is 14.2 Å². The average Bonchev–Trinajstić information content (AvgIpc) is 4.08. The van der Waals surface area contributed by atoms with Gasteiger partial charge in [-0.2, -0.15) is 0 Å². The van der Waals surface area contributed by atoms with Crippen molar-refractivity contribution in [3.8, 4) is 0 Å². The molecule has 1 amide bonds. The summed E-state index contributed by atoms with van der Waals surface area (Å²) < 4.78 is 29.6. The smallest absolute Gasteiger partial charge is 0.335 e. The first-order valence-corrected chi connectivity index (χ1v) is 24.3. The SMILES string of the molecule is C[C@@H]1CN(c2cc(=O)c3cc(C(=O)N4CCOCC4)cc(C4CCCN4c4ccccc4)c3o2)CCO1.C[C@@H]1CN(c2cc(=O)c3cc(C(=O)O)cc(C4CCCN4c4ccccc4)c3o2)CCO1. The quantitative estimate of drug-likeness (QED) is 0.157. The number of amides is 1. The minimum absolute atomic E-state index is 0.00403. The molecule has 0 bridgehead atoms. The Morgan fingerprint density at radius 3 is 1.49 bits per heavy atom. The van der Waals surface area contributed by atoms with Crippen molar-refractivity contribution in [2.75, 3.05) is 98.4 Å². The number of aromatic carboxylic acids is 1. The van der Waals surface area contributed by atoms with Crippen molar-refractivity contribution in [3.05, 3.63) is 140 Å². The van der Waals surface area contributed by atoms with Gasteiger partial charge in [0.05, 0.1) is 67.1 Å². The van der Waals surface area contributed by atoms with Crippen molar-refractivity contribution >= 4 is 57.0 Å². The van der Waals surface area contributed by atoms with Gasteiger partial charge >= 0.3 is 5.97 Å². The summed E-state index contributed by atoms with van der Waals surface area (Å²) in [6.07, 6.45) is 3.88. The van der Waals surface area contributed by atoms with E-state index in [4.69, 9.17) is 23.0 Å². The maximum absolute atomic E-state index is 13.5. The molecule has 0 saturated carbocycles. The van der Waals surface area contributed by atoms with E-state index in [0.717, 1.165) is 61.3 Å². The first-order valence-electron chi connectivity index (χ1n) is 24.3. The van der Waals surface area contributed by atoms with Crippen molar-refractivity contribution < 1.29 is 37.7 Å². The van der Waals surface area contributed by atoms with Crippen LogP contribution in [0.15, 0.2) is 115 Å². The molecule has 0 radical (unpaired) electrons. The van der Waals surface area contributed by atoms with Gasteiger partial charge in [0.25, 0.3) is 5.91 Å². The molecule has 6 aromatic rings. The van der Waals surface area contributed by atoms with E-state index in [-0.39, 0.29) is 46.6 Å². The van der Waals surface area contributed by atoms with Gasteiger partial charge in [-0.15, -0.1) is 0 Å². The van der Waals surface area contributed by atoms with E-state index in [0.29, 0.717) is 105 Å². The Hall–Kier alpha value is -6.68. The van der Waals surface area contributed by atoms with Crippen molar-refractivity contribution in [3.63, 3.8) is 0 Å². The summed E-state index contributed by atoms with van der Waals surface area (Å²) in [6.45, 7) is 11.7. The minimum Gasteiger partial charge on any atom is -0.478 e. The lowest BCUT2D eigenvalue weighted by Crippen LogP contribution is -2.41. The number of benzene rings is 4.